The van der Waals surface area contributed by atoms with Crippen molar-refractivity contribution in [2.24, 2.45) is 0 Å². The van der Waals surface area contributed by atoms with E-state index in [1.807, 2.05) is 18.3 Å². The van der Waals surface area contributed by atoms with Gasteiger partial charge in [0.1, 0.15) is 0 Å². The summed E-state index contributed by atoms with van der Waals surface area (Å²) in [4.78, 5) is 5.95. The minimum absolute atomic E-state index is 0.243. The van der Waals surface area contributed by atoms with Gasteiger partial charge in [0, 0.05) is 33.3 Å². The first kappa shape index (κ1) is 18.5. The van der Waals surface area contributed by atoms with Crippen LogP contribution in [0.4, 0.5) is 5.69 Å². The van der Waals surface area contributed by atoms with Gasteiger partial charge in [0.25, 0.3) is 10.0 Å². The van der Waals surface area contributed by atoms with Crippen LogP contribution in [0.5, 0.6) is 0 Å². The van der Waals surface area contributed by atoms with Gasteiger partial charge in [-0.1, -0.05) is 15.9 Å². The SMILES string of the molecule is CN1CCCC1Cc1c[nH]c2ccc(NS(=O)(=O)c3ccc(Br)cc3)cc12. The second-order valence-electron chi connectivity index (χ2n) is 7.11. The number of likely N-dealkylation sites (N-methyl/N-ethyl adjacent to an activating group) is 1. The maximum Gasteiger partial charge on any atom is 0.261 e. The number of fused-ring (bicyclic) bond motifs is 1. The number of aromatic amines is 1. The predicted octanol–water partition coefficient (Wildman–Crippen LogP) is 4.37. The molecule has 1 unspecified atom stereocenters. The Morgan fingerprint density at radius 2 is 2.00 bits per heavy atom. The topological polar surface area (TPSA) is 65.2 Å². The van der Waals surface area contributed by atoms with Gasteiger partial charge >= 0.3 is 0 Å². The van der Waals surface area contributed by atoms with Gasteiger partial charge in [0.05, 0.1) is 4.90 Å². The molecular weight excluding hydrogens is 426 g/mol. The summed E-state index contributed by atoms with van der Waals surface area (Å²) in [5.41, 5.74) is 2.83. The standard InChI is InChI=1S/C20H22BrN3O2S/c1-24-10-2-3-17(24)11-14-13-22-20-9-6-16(12-19(14)20)23-27(25,26)18-7-4-15(21)5-8-18/h4-9,12-13,17,22-23H,2-3,10-11H2,1H3. The first-order valence-corrected chi connectivity index (χ1v) is 11.3. The summed E-state index contributed by atoms with van der Waals surface area (Å²) in [6.07, 6.45) is 5.46. The molecule has 1 saturated heterocycles. The summed E-state index contributed by atoms with van der Waals surface area (Å²) >= 11 is 3.33. The Hall–Kier alpha value is -1.83. The molecule has 5 nitrogen and oxygen atoms in total. The lowest BCUT2D eigenvalue weighted by atomic mass is 10.0. The molecule has 4 rings (SSSR count). The van der Waals surface area contributed by atoms with E-state index in [1.165, 1.54) is 18.4 Å². The van der Waals surface area contributed by atoms with Crippen molar-refractivity contribution in [1.82, 2.24) is 9.88 Å². The summed E-state index contributed by atoms with van der Waals surface area (Å²) in [6.45, 7) is 1.14. The Bertz CT molecular complexity index is 1060. The molecule has 1 aliphatic heterocycles. The van der Waals surface area contributed by atoms with Gasteiger partial charge in [0.2, 0.25) is 0 Å². The van der Waals surface area contributed by atoms with Crippen LogP contribution in [-0.4, -0.2) is 37.9 Å². The third-order valence-electron chi connectivity index (χ3n) is 5.27. The lowest BCUT2D eigenvalue weighted by molar-refractivity contribution is 0.310. The van der Waals surface area contributed by atoms with Crippen LogP contribution in [0.3, 0.4) is 0 Å². The molecule has 142 valence electrons. The second kappa shape index (κ2) is 7.30. The molecule has 2 N–H and O–H groups in total. The number of likely N-dealkylation sites (tertiary alicyclic amines) is 1. The quantitative estimate of drug-likeness (QED) is 0.610. The van der Waals surface area contributed by atoms with Gasteiger partial charge in [0.15, 0.2) is 0 Å². The van der Waals surface area contributed by atoms with E-state index in [1.54, 1.807) is 30.3 Å². The molecule has 0 saturated carbocycles. The van der Waals surface area contributed by atoms with Crippen molar-refractivity contribution < 1.29 is 8.42 Å². The second-order valence-corrected chi connectivity index (χ2v) is 9.71. The third-order valence-corrected chi connectivity index (χ3v) is 7.20. The van der Waals surface area contributed by atoms with Gasteiger partial charge < -0.3 is 9.88 Å². The maximum absolute atomic E-state index is 12.7. The van der Waals surface area contributed by atoms with Crippen LogP contribution in [-0.2, 0) is 16.4 Å². The van der Waals surface area contributed by atoms with E-state index in [0.29, 0.717) is 11.7 Å². The lowest BCUT2D eigenvalue weighted by Gasteiger charge is -2.18. The number of H-pyrrole nitrogens is 1. The highest BCUT2D eigenvalue weighted by molar-refractivity contribution is 9.10. The average Bonchev–Trinajstić information content (AvgIpc) is 3.22. The molecule has 7 heteroatoms. The first-order chi connectivity index (χ1) is 12.9. The van der Waals surface area contributed by atoms with Gasteiger partial charge in [-0.25, -0.2) is 8.42 Å². The number of nitrogens with one attached hydrogen (secondary N) is 2. The van der Waals surface area contributed by atoms with Crippen LogP contribution in [0.25, 0.3) is 10.9 Å². The summed E-state index contributed by atoms with van der Waals surface area (Å²) < 4.78 is 28.8. The average molecular weight is 448 g/mol. The highest BCUT2D eigenvalue weighted by Crippen LogP contribution is 2.28. The van der Waals surface area contributed by atoms with Crippen LogP contribution >= 0.6 is 15.9 Å². The van der Waals surface area contributed by atoms with Crippen molar-refractivity contribution in [3.63, 3.8) is 0 Å². The summed E-state index contributed by atoms with van der Waals surface area (Å²) in [5, 5.41) is 1.08. The zero-order valence-corrected chi connectivity index (χ0v) is 17.5. The van der Waals surface area contributed by atoms with Gasteiger partial charge in [-0.05, 0) is 80.9 Å². The molecule has 0 aliphatic carbocycles. The number of halogens is 1. The van der Waals surface area contributed by atoms with Crippen molar-refractivity contribution >= 4 is 42.5 Å². The number of sulfonamides is 1. The summed E-state index contributed by atoms with van der Waals surface area (Å²) in [5.74, 6) is 0. The van der Waals surface area contributed by atoms with Crippen LogP contribution < -0.4 is 4.72 Å². The number of hydrogen-bond acceptors (Lipinski definition) is 3. The lowest BCUT2D eigenvalue weighted by Crippen LogP contribution is -2.26. The number of benzene rings is 2. The van der Waals surface area contributed by atoms with Crippen molar-refractivity contribution in [1.29, 1.82) is 0 Å². The Balaban J connectivity index is 1.61. The fourth-order valence-electron chi connectivity index (χ4n) is 3.73. The molecule has 1 fully saturated rings. The molecule has 1 atom stereocenters. The van der Waals surface area contributed by atoms with E-state index >= 15 is 0 Å². The van der Waals surface area contributed by atoms with Crippen LogP contribution in [0.15, 0.2) is 58.0 Å². The maximum atomic E-state index is 12.7. The zero-order chi connectivity index (χ0) is 19.0. The Labute approximate surface area is 168 Å². The highest BCUT2D eigenvalue weighted by atomic mass is 79.9. The minimum Gasteiger partial charge on any atom is -0.361 e. The summed E-state index contributed by atoms with van der Waals surface area (Å²) in [7, 11) is -1.44. The largest absolute Gasteiger partial charge is 0.361 e. The Morgan fingerprint density at radius 1 is 1.22 bits per heavy atom. The smallest absolute Gasteiger partial charge is 0.261 e. The molecule has 0 bridgehead atoms. The van der Waals surface area contributed by atoms with Crippen molar-refractivity contribution in [3.8, 4) is 0 Å². The third kappa shape index (κ3) is 3.90. The molecule has 2 heterocycles. The molecule has 2 aromatic carbocycles. The fraction of sp³-hybridized carbons (Fsp3) is 0.300. The molecule has 3 aromatic rings. The number of hydrogen-bond donors (Lipinski definition) is 2. The monoisotopic (exact) mass is 447 g/mol. The Kier molecular flexibility index (Phi) is 5.01. The molecule has 1 aliphatic rings. The molecule has 27 heavy (non-hydrogen) atoms. The molecule has 0 spiro atoms. The number of nitrogens with zero attached hydrogens (tertiary/aromatic N) is 1. The van der Waals surface area contributed by atoms with Crippen molar-refractivity contribution in [2.75, 3.05) is 18.3 Å². The van der Waals surface area contributed by atoms with Crippen molar-refractivity contribution in [2.45, 2.75) is 30.2 Å². The minimum atomic E-state index is -3.62. The highest BCUT2D eigenvalue weighted by Gasteiger charge is 2.22. The summed E-state index contributed by atoms with van der Waals surface area (Å²) in [6, 6.07) is 12.8. The molecular formula is C20H22BrN3O2S. The predicted molar refractivity (Wildman–Crippen MR) is 113 cm³/mol. The van der Waals surface area contributed by atoms with E-state index in [-0.39, 0.29) is 4.90 Å². The van der Waals surface area contributed by atoms with Gasteiger partial charge in [-0.3, -0.25) is 4.72 Å². The van der Waals surface area contributed by atoms with Gasteiger partial charge in [-0.15, -0.1) is 0 Å². The van der Waals surface area contributed by atoms with E-state index in [0.717, 1.165) is 28.3 Å². The zero-order valence-electron chi connectivity index (χ0n) is 15.1. The Morgan fingerprint density at radius 3 is 2.70 bits per heavy atom. The first-order valence-electron chi connectivity index (χ1n) is 9.01. The van der Waals surface area contributed by atoms with Crippen LogP contribution in [0, 0.1) is 0 Å². The van der Waals surface area contributed by atoms with E-state index in [2.05, 4.69) is 37.6 Å². The molecule has 1 aromatic heterocycles. The molecule has 0 amide bonds. The van der Waals surface area contributed by atoms with Crippen LogP contribution in [0.1, 0.15) is 18.4 Å². The van der Waals surface area contributed by atoms with E-state index < -0.39 is 10.0 Å². The van der Waals surface area contributed by atoms with E-state index in [4.69, 9.17) is 0 Å². The fourth-order valence-corrected chi connectivity index (χ4v) is 5.04. The number of aromatic nitrogens is 1. The number of anilines is 1. The number of rotatable bonds is 5. The van der Waals surface area contributed by atoms with E-state index in [9.17, 15) is 8.42 Å². The van der Waals surface area contributed by atoms with Crippen LogP contribution in [0.2, 0.25) is 0 Å². The normalized spacial score (nSPS) is 18.2. The van der Waals surface area contributed by atoms with Crippen molar-refractivity contribution in [3.05, 3.63) is 58.7 Å². The molecule has 0 radical (unpaired) electrons. The van der Waals surface area contributed by atoms with Gasteiger partial charge in [-0.2, -0.15) is 0 Å².